The average molecular weight is 386 g/mol. The topological polar surface area (TPSA) is 52.7 Å². The average Bonchev–Trinajstić information content (AvgIpc) is 3.07. The van der Waals surface area contributed by atoms with E-state index in [9.17, 15) is 9.59 Å². The number of hydrogen-bond acceptors (Lipinski definition) is 4. The van der Waals surface area contributed by atoms with Crippen molar-refractivity contribution in [1.29, 1.82) is 0 Å². The third-order valence-electron chi connectivity index (χ3n) is 4.73. The van der Waals surface area contributed by atoms with E-state index in [0.717, 1.165) is 24.2 Å². The Balaban J connectivity index is 1.55. The lowest BCUT2D eigenvalue weighted by molar-refractivity contribution is -0.123. The summed E-state index contributed by atoms with van der Waals surface area (Å²) in [6.45, 7) is 9.17. The van der Waals surface area contributed by atoms with Crippen LogP contribution in [-0.4, -0.2) is 60.4 Å². The van der Waals surface area contributed by atoms with Crippen molar-refractivity contribution >= 4 is 23.2 Å². The molecule has 1 N–H and O–H groups in total. The number of thiophene rings is 1. The van der Waals surface area contributed by atoms with Gasteiger partial charge in [0.2, 0.25) is 5.91 Å². The van der Waals surface area contributed by atoms with E-state index in [2.05, 4.69) is 28.6 Å². The number of carbonyl (C=O) groups excluding carboxylic acids is 2. The molecule has 0 aliphatic carbocycles. The molecule has 144 valence electrons. The van der Waals surface area contributed by atoms with Crippen molar-refractivity contribution in [3.8, 4) is 10.4 Å². The van der Waals surface area contributed by atoms with Crippen molar-refractivity contribution in [2.24, 2.45) is 0 Å². The Morgan fingerprint density at radius 1 is 1.07 bits per heavy atom. The van der Waals surface area contributed by atoms with Gasteiger partial charge in [-0.15, -0.1) is 11.3 Å². The molecule has 2 aromatic rings. The third kappa shape index (κ3) is 4.96. The molecule has 1 fully saturated rings. The molecule has 0 unspecified atom stereocenters. The minimum atomic E-state index is 0.0456. The molecule has 1 aliphatic heterocycles. The van der Waals surface area contributed by atoms with Crippen LogP contribution in [-0.2, 0) is 4.79 Å². The van der Waals surface area contributed by atoms with E-state index in [4.69, 9.17) is 0 Å². The van der Waals surface area contributed by atoms with Gasteiger partial charge < -0.3 is 10.2 Å². The van der Waals surface area contributed by atoms with Crippen LogP contribution in [0.2, 0.25) is 0 Å². The summed E-state index contributed by atoms with van der Waals surface area (Å²) in [7, 11) is 0. The Labute approximate surface area is 165 Å². The number of nitrogens with zero attached hydrogens (tertiary/aromatic N) is 2. The molecule has 2 amide bonds. The van der Waals surface area contributed by atoms with E-state index in [1.54, 1.807) is 11.3 Å². The monoisotopic (exact) mass is 385 g/mol. The van der Waals surface area contributed by atoms with Crippen molar-refractivity contribution in [2.75, 3.05) is 32.7 Å². The second-order valence-corrected chi connectivity index (χ2v) is 8.22. The summed E-state index contributed by atoms with van der Waals surface area (Å²) in [5.74, 6) is 0.111. The molecule has 3 rings (SSSR count). The van der Waals surface area contributed by atoms with E-state index < -0.39 is 0 Å². The second kappa shape index (κ2) is 8.67. The molecule has 0 radical (unpaired) electrons. The van der Waals surface area contributed by atoms with E-state index in [0.29, 0.717) is 19.6 Å². The molecule has 1 aliphatic rings. The first-order valence-electron chi connectivity index (χ1n) is 9.39. The van der Waals surface area contributed by atoms with Gasteiger partial charge in [0.25, 0.3) is 5.91 Å². The Bertz CT molecular complexity index is 790. The number of carbonyl (C=O) groups is 2. The molecule has 0 spiro atoms. The summed E-state index contributed by atoms with van der Waals surface area (Å²) >= 11 is 1.72. The van der Waals surface area contributed by atoms with Gasteiger partial charge in [0, 0.05) is 42.7 Å². The van der Waals surface area contributed by atoms with Gasteiger partial charge in [-0.3, -0.25) is 14.5 Å². The molecular weight excluding hydrogens is 358 g/mol. The van der Waals surface area contributed by atoms with Gasteiger partial charge in [0.05, 0.1) is 6.54 Å². The molecule has 0 saturated carbocycles. The summed E-state index contributed by atoms with van der Waals surface area (Å²) in [6.07, 6.45) is 0. The molecule has 1 aromatic carbocycles. The summed E-state index contributed by atoms with van der Waals surface area (Å²) in [6, 6.07) is 10.1. The van der Waals surface area contributed by atoms with Gasteiger partial charge in [0.1, 0.15) is 0 Å². The number of hydrogen-bond donors (Lipinski definition) is 1. The van der Waals surface area contributed by atoms with Crippen LogP contribution in [0.1, 0.15) is 29.8 Å². The fraction of sp³-hybridized carbons (Fsp3) is 0.429. The van der Waals surface area contributed by atoms with Gasteiger partial charge >= 0.3 is 0 Å². The highest BCUT2D eigenvalue weighted by Crippen LogP contribution is 2.29. The molecule has 0 atom stereocenters. The van der Waals surface area contributed by atoms with Crippen molar-refractivity contribution in [3.63, 3.8) is 0 Å². The van der Waals surface area contributed by atoms with E-state index in [-0.39, 0.29) is 17.9 Å². The van der Waals surface area contributed by atoms with Crippen LogP contribution in [0, 0.1) is 6.92 Å². The zero-order valence-electron chi connectivity index (χ0n) is 16.2. The van der Waals surface area contributed by atoms with Crippen LogP contribution in [0.5, 0.6) is 0 Å². The molecule has 1 saturated heterocycles. The van der Waals surface area contributed by atoms with Crippen LogP contribution < -0.4 is 5.32 Å². The highest BCUT2D eigenvalue weighted by molar-refractivity contribution is 7.13. The zero-order chi connectivity index (χ0) is 19.4. The molecular formula is C21H27N3O2S. The van der Waals surface area contributed by atoms with Crippen LogP contribution in [0.25, 0.3) is 10.4 Å². The normalized spacial score (nSPS) is 15.2. The first-order chi connectivity index (χ1) is 12.9. The van der Waals surface area contributed by atoms with Gasteiger partial charge in [-0.1, -0.05) is 12.1 Å². The van der Waals surface area contributed by atoms with Crippen LogP contribution in [0.4, 0.5) is 0 Å². The molecule has 2 heterocycles. The summed E-state index contributed by atoms with van der Waals surface area (Å²) in [4.78, 5) is 29.9. The van der Waals surface area contributed by atoms with E-state index in [1.165, 1.54) is 10.4 Å². The molecule has 1 aromatic heterocycles. The molecule has 6 heteroatoms. The molecule has 27 heavy (non-hydrogen) atoms. The first kappa shape index (κ1) is 19.6. The fourth-order valence-corrected chi connectivity index (χ4v) is 4.23. The highest BCUT2D eigenvalue weighted by atomic mass is 32.1. The Morgan fingerprint density at radius 3 is 2.30 bits per heavy atom. The van der Waals surface area contributed by atoms with Crippen LogP contribution >= 0.6 is 11.3 Å². The molecule has 5 nitrogen and oxygen atoms in total. The van der Waals surface area contributed by atoms with Crippen LogP contribution in [0.15, 0.2) is 35.7 Å². The minimum Gasteiger partial charge on any atom is -0.353 e. The molecule has 0 bridgehead atoms. The third-order valence-corrected chi connectivity index (χ3v) is 5.80. The van der Waals surface area contributed by atoms with Crippen molar-refractivity contribution in [3.05, 3.63) is 46.8 Å². The lowest BCUT2D eigenvalue weighted by Gasteiger charge is -2.34. The van der Waals surface area contributed by atoms with Crippen molar-refractivity contribution < 1.29 is 9.59 Å². The standard InChI is InChI=1S/C21H27N3O2S/c1-15(2)22-19(25)14-23-9-11-24(12-10-23)21(26)18-6-4-17(5-7-18)20-16(3)8-13-27-20/h4-8,13,15H,9-12,14H2,1-3H3,(H,22,25). The Kier molecular flexibility index (Phi) is 6.29. The quantitative estimate of drug-likeness (QED) is 0.861. The Morgan fingerprint density at radius 2 is 1.74 bits per heavy atom. The van der Waals surface area contributed by atoms with Crippen molar-refractivity contribution in [1.82, 2.24) is 15.1 Å². The number of nitrogens with one attached hydrogen (secondary N) is 1. The predicted molar refractivity (Wildman–Crippen MR) is 110 cm³/mol. The second-order valence-electron chi connectivity index (χ2n) is 7.30. The number of piperazine rings is 1. The maximum atomic E-state index is 12.8. The number of benzene rings is 1. The lowest BCUT2D eigenvalue weighted by Crippen LogP contribution is -2.51. The summed E-state index contributed by atoms with van der Waals surface area (Å²) in [5, 5.41) is 5.00. The zero-order valence-corrected chi connectivity index (χ0v) is 17.0. The number of amides is 2. The maximum absolute atomic E-state index is 12.8. The SMILES string of the molecule is Cc1ccsc1-c1ccc(C(=O)N2CCN(CC(=O)NC(C)C)CC2)cc1. The smallest absolute Gasteiger partial charge is 0.253 e. The van der Waals surface area contributed by atoms with Gasteiger partial charge in [0.15, 0.2) is 0 Å². The number of rotatable bonds is 5. The highest BCUT2D eigenvalue weighted by Gasteiger charge is 2.23. The maximum Gasteiger partial charge on any atom is 0.253 e. The van der Waals surface area contributed by atoms with Gasteiger partial charge in [-0.2, -0.15) is 0 Å². The van der Waals surface area contributed by atoms with E-state index in [1.807, 2.05) is 43.0 Å². The fourth-order valence-electron chi connectivity index (χ4n) is 3.30. The van der Waals surface area contributed by atoms with Crippen LogP contribution in [0.3, 0.4) is 0 Å². The van der Waals surface area contributed by atoms with Gasteiger partial charge in [-0.05, 0) is 55.5 Å². The van der Waals surface area contributed by atoms with E-state index >= 15 is 0 Å². The summed E-state index contributed by atoms with van der Waals surface area (Å²) in [5.41, 5.74) is 3.13. The van der Waals surface area contributed by atoms with Crippen molar-refractivity contribution in [2.45, 2.75) is 26.8 Å². The largest absolute Gasteiger partial charge is 0.353 e. The Hall–Kier alpha value is -2.18. The minimum absolute atomic E-state index is 0.0456. The lowest BCUT2D eigenvalue weighted by atomic mass is 10.1. The first-order valence-corrected chi connectivity index (χ1v) is 10.3. The van der Waals surface area contributed by atoms with Gasteiger partial charge in [-0.25, -0.2) is 0 Å². The number of aryl methyl sites for hydroxylation is 1. The summed E-state index contributed by atoms with van der Waals surface area (Å²) < 4.78 is 0. The predicted octanol–water partition coefficient (Wildman–Crippen LogP) is 3.01.